The number of allylic oxidation sites excluding steroid dienone is 2. The van der Waals surface area contributed by atoms with Gasteiger partial charge in [-0.3, -0.25) is 14.4 Å². The summed E-state index contributed by atoms with van der Waals surface area (Å²) in [6.45, 7) is 2.88. The number of Topliss-reactive ketones (excluding diaryl/α,β-unsaturated/α-hetero) is 3. The third kappa shape index (κ3) is 3.15. The van der Waals surface area contributed by atoms with Gasteiger partial charge in [0.2, 0.25) is 0 Å². The molecule has 0 bridgehead atoms. The first-order chi connectivity index (χ1) is 16.2. The predicted molar refractivity (Wildman–Crippen MR) is 118 cm³/mol. The van der Waals surface area contributed by atoms with Crippen molar-refractivity contribution in [2.75, 3.05) is 0 Å². The van der Waals surface area contributed by atoms with E-state index in [4.69, 9.17) is 4.74 Å². The fourth-order valence-corrected chi connectivity index (χ4v) is 5.82. The minimum absolute atomic E-state index is 0.0605. The fourth-order valence-electron chi connectivity index (χ4n) is 5.82. The molecule has 0 aromatic heterocycles. The zero-order chi connectivity index (χ0) is 25.7. The Labute approximate surface area is 199 Å². The molecule has 1 aromatic carbocycles. The zero-order valence-corrected chi connectivity index (χ0v) is 19.1. The number of carbonyl (C=O) groups excluding carboxylic acids is 3. The average molecular weight is 486 g/mol. The van der Waals surface area contributed by atoms with Crippen molar-refractivity contribution >= 4 is 17.3 Å². The number of phenols is 1. The van der Waals surface area contributed by atoms with E-state index in [1.165, 1.54) is 19.1 Å². The molecule has 0 spiro atoms. The van der Waals surface area contributed by atoms with Crippen LogP contribution < -0.4 is 0 Å². The molecule has 10 heteroatoms. The SMILES string of the molecule is CC1OC(c2ccc3c(c2O)C(=O)C2=C(C3=O)[C@@]3(O)C(=O)C[C@](C)(O)C[C@@]3(O)C=C2)CC(O)C1O. The van der Waals surface area contributed by atoms with Crippen LogP contribution in [0.15, 0.2) is 35.4 Å². The Morgan fingerprint density at radius 2 is 1.74 bits per heavy atom. The summed E-state index contributed by atoms with van der Waals surface area (Å²) in [4.78, 5) is 40.0. The second kappa shape index (κ2) is 7.39. The summed E-state index contributed by atoms with van der Waals surface area (Å²) in [6.07, 6.45) is -2.78. The largest absolute Gasteiger partial charge is 0.507 e. The molecule has 10 nitrogen and oxygen atoms in total. The van der Waals surface area contributed by atoms with Gasteiger partial charge in [-0.2, -0.15) is 0 Å². The first kappa shape index (κ1) is 24.0. The number of fused-ring (bicyclic) bond motifs is 3. The summed E-state index contributed by atoms with van der Waals surface area (Å²) in [5.41, 5.74) is -8.12. The Balaban J connectivity index is 1.62. The van der Waals surface area contributed by atoms with Crippen LogP contribution in [0.3, 0.4) is 0 Å². The number of ketones is 3. The first-order valence-corrected chi connectivity index (χ1v) is 11.3. The molecule has 1 aromatic rings. The Hall–Kier alpha value is -2.73. The van der Waals surface area contributed by atoms with E-state index in [-0.39, 0.29) is 28.7 Å². The number of aliphatic hydroxyl groups is 5. The molecule has 3 aliphatic carbocycles. The van der Waals surface area contributed by atoms with Crippen molar-refractivity contribution in [3.05, 3.63) is 52.1 Å². The van der Waals surface area contributed by atoms with E-state index in [0.717, 1.165) is 12.2 Å². The first-order valence-electron chi connectivity index (χ1n) is 11.3. The number of aromatic hydroxyl groups is 1. The Morgan fingerprint density at radius 1 is 1.06 bits per heavy atom. The van der Waals surface area contributed by atoms with Crippen LogP contribution in [-0.4, -0.2) is 83.1 Å². The van der Waals surface area contributed by atoms with Crippen molar-refractivity contribution in [2.45, 2.75) is 74.3 Å². The summed E-state index contributed by atoms with van der Waals surface area (Å²) < 4.78 is 5.70. The summed E-state index contributed by atoms with van der Waals surface area (Å²) in [5, 5.41) is 64.1. The molecule has 35 heavy (non-hydrogen) atoms. The van der Waals surface area contributed by atoms with Crippen LogP contribution in [0.2, 0.25) is 0 Å². The van der Waals surface area contributed by atoms with Crippen LogP contribution in [0.4, 0.5) is 0 Å². The van der Waals surface area contributed by atoms with Crippen molar-refractivity contribution < 1.29 is 49.8 Å². The van der Waals surface area contributed by atoms with Crippen molar-refractivity contribution in [1.82, 2.24) is 0 Å². The molecule has 0 radical (unpaired) electrons. The molecule has 7 atom stereocenters. The average Bonchev–Trinajstić information content (AvgIpc) is 2.75. The Bertz CT molecular complexity index is 1230. The van der Waals surface area contributed by atoms with Gasteiger partial charge in [-0.15, -0.1) is 0 Å². The van der Waals surface area contributed by atoms with Crippen LogP contribution in [0.25, 0.3) is 0 Å². The van der Waals surface area contributed by atoms with E-state index >= 15 is 0 Å². The number of carbonyl (C=O) groups is 3. The third-order valence-electron chi connectivity index (χ3n) is 7.59. The maximum Gasteiger partial charge on any atom is 0.198 e. The molecule has 186 valence electrons. The second-order valence-corrected chi connectivity index (χ2v) is 10.2. The van der Waals surface area contributed by atoms with Gasteiger partial charge in [0, 0.05) is 36.0 Å². The molecule has 1 heterocycles. The van der Waals surface area contributed by atoms with Gasteiger partial charge in [-0.05, 0) is 26.0 Å². The van der Waals surface area contributed by atoms with E-state index < -0.39 is 82.7 Å². The van der Waals surface area contributed by atoms with Crippen molar-refractivity contribution in [1.29, 1.82) is 0 Å². The number of phenolic OH excluding ortho intramolecular Hbond substituents is 1. The highest BCUT2D eigenvalue weighted by Crippen LogP contribution is 2.51. The predicted octanol–water partition coefficient (Wildman–Crippen LogP) is -0.215. The number of hydrogen-bond donors (Lipinski definition) is 6. The van der Waals surface area contributed by atoms with Crippen LogP contribution >= 0.6 is 0 Å². The quantitative estimate of drug-likeness (QED) is 0.311. The topological polar surface area (TPSA) is 182 Å². The lowest BCUT2D eigenvalue weighted by atomic mass is 9.57. The molecule has 6 N–H and O–H groups in total. The minimum atomic E-state index is -2.75. The highest BCUT2D eigenvalue weighted by atomic mass is 16.5. The highest BCUT2D eigenvalue weighted by molar-refractivity contribution is 6.31. The maximum atomic E-state index is 13.5. The Morgan fingerprint density at radius 3 is 2.40 bits per heavy atom. The molecular weight excluding hydrogens is 460 g/mol. The number of aliphatic hydroxyl groups excluding tert-OH is 2. The van der Waals surface area contributed by atoms with E-state index in [2.05, 4.69) is 0 Å². The number of benzene rings is 1. The van der Waals surface area contributed by atoms with Crippen LogP contribution in [0.5, 0.6) is 5.75 Å². The maximum absolute atomic E-state index is 13.5. The fraction of sp³-hybridized carbons (Fsp3) is 0.480. The number of ether oxygens (including phenoxy) is 1. The number of hydrogen-bond acceptors (Lipinski definition) is 10. The number of rotatable bonds is 1. The standard InChI is InChI=1S/C25H26O10/c1-10-19(28)14(26)7-15(35-10)11-3-4-12-17(20(11)29)21(30)13-5-6-24(33)9-23(2,32)8-16(27)25(24,34)18(13)22(12)31/h3-6,10,14-15,19,26,28-29,32-34H,7-9H2,1-2H3/t10?,14?,15?,19?,23-,24-,25-/m0/s1. The molecular formula is C25H26O10. The van der Waals surface area contributed by atoms with Crippen molar-refractivity contribution in [3.8, 4) is 5.75 Å². The van der Waals surface area contributed by atoms with Gasteiger partial charge in [0.1, 0.15) is 17.5 Å². The Kier molecular flexibility index (Phi) is 5.06. The lowest BCUT2D eigenvalue weighted by molar-refractivity contribution is -0.183. The van der Waals surface area contributed by atoms with Crippen LogP contribution in [0, 0.1) is 0 Å². The molecule has 1 aliphatic heterocycles. The normalized spacial score (nSPS) is 40.9. The van der Waals surface area contributed by atoms with E-state index in [1.807, 2.05) is 0 Å². The van der Waals surface area contributed by atoms with E-state index in [1.54, 1.807) is 6.92 Å². The van der Waals surface area contributed by atoms with Crippen LogP contribution in [-0.2, 0) is 9.53 Å². The van der Waals surface area contributed by atoms with Crippen LogP contribution in [0.1, 0.15) is 65.5 Å². The monoisotopic (exact) mass is 486 g/mol. The molecule has 1 saturated carbocycles. The summed E-state index contributed by atoms with van der Waals surface area (Å²) in [5.74, 6) is -3.30. The van der Waals surface area contributed by atoms with Gasteiger partial charge in [-0.1, -0.05) is 12.1 Å². The summed E-state index contributed by atoms with van der Waals surface area (Å²) >= 11 is 0. The van der Waals surface area contributed by atoms with Gasteiger partial charge in [0.15, 0.2) is 23.0 Å². The molecule has 4 aliphatic rings. The summed E-state index contributed by atoms with van der Waals surface area (Å²) in [7, 11) is 0. The van der Waals surface area contributed by atoms with Gasteiger partial charge in [0.05, 0.1) is 35.0 Å². The van der Waals surface area contributed by atoms with Crippen molar-refractivity contribution in [2.24, 2.45) is 0 Å². The molecule has 5 rings (SSSR count). The smallest absolute Gasteiger partial charge is 0.198 e. The van der Waals surface area contributed by atoms with E-state index in [9.17, 15) is 45.0 Å². The van der Waals surface area contributed by atoms with Gasteiger partial charge in [-0.25, -0.2) is 0 Å². The molecule has 4 unspecified atom stereocenters. The summed E-state index contributed by atoms with van der Waals surface area (Å²) in [6, 6.07) is 2.60. The molecule has 1 saturated heterocycles. The van der Waals surface area contributed by atoms with Gasteiger partial charge < -0.3 is 35.4 Å². The van der Waals surface area contributed by atoms with E-state index in [0.29, 0.717) is 0 Å². The minimum Gasteiger partial charge on any atom is -0.507 e. The lowest BCUT2D eigenvalue weighted by Gasteiger charge is -2.51. The highest BCUT2D eigenvalue weighted by Gasteiger charge is 2.66. The zero-order valence-electron chi connectivity index (χ0n) is 19.1. The molecule has 0 amide bonds. The molecule has 2 fully saturated rings. The third-order valence-corrected chi connectivity index (χ3v) is 7.59. The van der Waals surface area contributed by atoms with Gasteiger partial charge in [0.25, 0.3) is 0 Å². The second-order valence-electron chi connectivity index (χ2n) is 10.2. The lowest BCUT2D eigenvalue weighted by Crippen LogP contribution is -2.69. The van der Waals surface area contributed by atoms with Gasteiger partial charge >= 0.3 is 0 Å². The van der Waals surface area contributed by atoms with Crippen molar-refractivity contribution in [3.63, 3.8) is 0 Å².